The van der Waals surface area contributed by atoms with Crippen molar-refractivity contribution in [3.05, 3.63) is 108 Å². The van der Waals surface area contributed by atoms with Gasteiger partial charge in [-0.3, -0.25) is 4.79 Å². The molecule has 0 fully saturated rings. The maximum absolute atomic E-state index is 12.8. The zero-order valence-electron chi connectivity index (χ0n) is 17.5. The zero-order chi connectivity index (χ0) is 21.9. The van der Waals surface area contributed by atoms with Crippen LogP contribution in [0.3, 0.4) is 0 Å². The Balaban J connectivity index is 1.27. The number of nitrogens with zero attached hydrogens (tertiary/aromatic N) is 4. The fraction of sp³-hybridized carbons (Fsp3) is 0.0800. The molecule has 1 N–H and O–H groups in total. The summed E-state index contributed by atoms with van der Waals surface area (Å²) in [6.07, 6.45) is 7.54. The van der Waals surface area contributed by atoms with Crippen LogP contribution in [0.1, 0.15) is 21.6 Å². The monoisotopic (exact) mass is 423 g/mol. The van der Waals surface area contributed by atoms with Gasteiger partial charge in [0.25, 0.3) is 5.91 Å². The summed E-state index contributed by atoms with van der Waals surface area (Å²) in [5, 5.41) is 7.15. The van der Waals surface area contributed by atoms with Crippen LogP contribution < -0.4 is 10.1 Å². The molecule has 0 unspecified atom stereocenters. The first-order chi connectivity index (χ1) is 15.6. The first kappa shape index (κ1) is 19.6. The molecule has 7 heteroatoms. The maximum atomic E-state index is 12.8. The Morgan fingerprint density at radius 3 is 2.81 bits per heavy atom. The van der Waals surface area contributed by atoms with Gasteiger partial charge in [-0.15, -0.1) is 0 Å². The standard InChI is InChI=1S/C25H21N5O2/c1-18-9-10-24-27-21(16-29(24)15-18)17-32-23-8-2-5-19(13-23)25(31)28-20-6-3-7-22(14-20)30-12-4-11-26-30/h2-16H,17H2,1H3,(H,28,31). The molecule has 0 aliphatic carbocycles. The van der Waals surface area contributed by atoms with Gasteiger partial charge in [0.2, 0.25) is 0 Å². The highest BCUT2D eigenvalue weighted by Gasteiger charge is 2.09. The Morgan fingerprint density at radius 1 is 1.03 bits per heavy atom. The second kappa shape index (κ2) is 8.39. The Hall–Kier alpha value is -4.39. The van der Waals surface area contributed by atoms with E-state index in [1.807, 2.05) is 78.4 Å². The molecule has 0 bridgehead atoms. The van der Waals surface area contributed by atoms with Crippen LogP contribution in [0.15, 0.2) is 91.5 Å². The van der Waals surface area contributed by atoms with Gasteiger partial charge in [-0.05, 0) is 61.0 Å². The summed E-state index contributed by atoms with van der Waals surface area (Å²) < 4.78 is 9.62. The predicted molar refractivity (Wildman–Crippen MR) is 122 cm³/mol. The number of rotatable bonds is 6. The molecular weight excluding hydrogens is 402 g/mol. The molecule has 3 aromatic heterocycles. The summed E-state index contributed by atoms with van der Waals surface area (Å²) in [5.41, 5.74) is 4.93. The topological polar surface area (TPSA) is 73.4 Å². The Morgan fingerprint density at radius 2 is 1.94 bits per heavy atom. The van der Waals surface area contributed by atoms with Crippen molar-refractivity contribution in [2.75, 3.05) is 5.32 Å². The van der Waals surface area contributed by atoms with Crippen molar-refractivity contribution in [1.29, 1.82) is 0 Å². The van der Waals surface area contributed by atoms with Crippen molar-refractivity contribution in [2.24, 2.45) is 0 Å². The molecule has 0 saturated heterocycles. The number of aryl methyl sites for hydroxylation is 1. The molecule has 0 aliphatic rings. The molecule has 0 spiro atoms. The zero-order valence-corrected chi connectivity index (χ0v) is 17.5. The van der Waals surface area contributed by atoms with Crippen molar-refractivity contribution in [3.8, 4) is 11.4 Å². The van der Waals surface area contributed by atoms with Crippen molar-refractivity contribution in [1.82, 2.24) is 19.2 Å². The molecule has 0 atom stereocenters. The first-order valence-electron chi connectivity index (χ1n) is 10.2. The molecule has 0 aliphatic heterocycles. The van der Waals surface area contributed by atoms with E-state index in [9.17, 15) is 4.79 Å². The SMILES string of the molecule is Cc1ccc2nc(COc3cccc(C(=O)Nc4cccc(-n5cccn5)c4)c3)cn2c1. The number of aromatic nitrogens is 4. The van der Waals surface area contributed by atoms with Crippen molar-refractivity contribution in [2.45, 2.75) is 13.5 Å². The number of ether oxygens (including phenoxy) is 1. The average Bonchev–Trinajstić information content (AvgIpc) is 3.48. The normalized spacial score (nSPS) is 10.9. The van der Waals surface area contributed by atoms with Crippen molar-refractivity contribution >= 4 is 17.2 Å². The lowest BCUT2D eigenvalue weighted by molar-refractivity contribution is 0.102. The molecule has 2 aromatic carbocycles. The third kappa shape index (κ3) is 4.22. The Labute approximate surface area is 184 Å². The van der Waals surface area contributed by atoms with Crippen LogP contribution in [0.4, 0.5) is 5.69 Å². The number of amides is 1. The van der Waals surface area contributed by atoms with Crippen LogP contribution in [0, 0.1) is 6.92 Å². The maximum Gasteiger partial charge on any atom is 0.255 e. The molecule has 158 valence electrons. The van der Waals surface area contributed by atoms with Crippen molar-refractivity contribution < 1.29 is 9.53 Å². The van der Waals surface area contributed by atoms with Gasteiger partial charge in [0, 0.05) is 36.0 Å². The first-order valence-corrected chi connectivity index (χ1v) is 10.2. The molecule has 1 amide bonds. The highest BCUT2D eigenvalue weighted by Crippen LogP contribution is 2.19. The predicted octanol–water partition coefficient (Wildman–Crippen LogP) is 4.66. The molecule has 5 rings (SSSR count). The summed E-state index contributed by atoms with van der Waals surface area (Å²) in [5.74, 6) is 0.396. The summed E-state index contributed by atoms with van der Waals surface area (Å²) in [4.78, 5) is 17.3. The van der Waals surface area contributed by atoms with Crippen LogP contribution in [-0.2, 0) is 6.61 Å². The summed E-state index contributed by atoms with van der Waals surface area (Å²) in [7, 11) is 0. The van der Waals surface area contributed by atoms with Gasteiger partial charge < -0.3 is 14.5 Å². The minimum Gasteiger partial charge on any atom is -0.487 e. The van der Waals surface area contributed by atoms with E-state index in [0.717, 1.165) is 22.6 Å². The quantitative estimate of drug-likeness (QED) is 0.431. The van der Waals surface area contributed by atoms with Gasteiger partial charge in [-0.1, -0.05) is 18.2 Å². The van der Waals surface area contributed by atoms with E-state index in [1.54, 1.807) is 29.1 Å². The lowest BCUT2D eigenvalue weighted by Crippen LogP contribution is -2.12. The number of anilines is 1. The number of hydrogen-bond donors (Lipinski definition) is 1. The highest BCUT2D eigenvalue weighted by molar-refractivity contribution is 6.04. The number of hydrogen-bond acceptors (Lipinski definition) is 4. The number of carbonyl (C=O) groups excluding carboxylic acids is 1. The van der Waals surface area contributed by atoms with E-state index >= 15 is 0 Å². The molecule has 7 nitrogen and oxygen atoms in total. The average molecular weight is 423 g/mol. The fourth-order valence-electron chi connectivity index (χ4n) is 3.46. The van der Waals surface area contributed by atoms with E-state index in [0.29, 0.717) is 23.6 Å². The molecule has 0 saturated carbocycles. The van der Waals surface area contributed by atoms with Gasteiger partial charge >= 0.3 is 0 Å². The number of benzene rings is 2. The van der Waals surface area contributed by atoms with E-state index in [1.165, 1.54) is 0 Å². The van der Waals surface area contributed by atoms with Gasteiger partial charge in [0.15, 0.2) is 0 Å². The number of fused-ring (bicyclic) bond motifs is 1. The number of imidazole rings is 1. The molecular formula is C25H21N5O2. The van der Waals surface area contributed by atoms with Crippen LogP contribution in [-0.4, -0.2) is 25.1 Å². The minimum atomic E-state index is -0.212. The van der Waals surface area contributed by atoms with E-state index < -0.39 is 0 Å². The molecule has 0 radical (unpaired) electrons. The molecule has 5 aromatic rings. The van der Waals surface area contributed by atoms with Gasteiger partial charge in [0.1, 0.15) is 18.0 Å². The third-order valence-electron chi connectivity index (χ3n) is 5.00. The molecule has 32 heavy (non-hydrogen) atoms. The van der Waals surface area contributed by atoms with Crippen molar-refractivity contribution in [3.63, 3.8) is 0 Å². The minimum absolute atomic E-state index is 0.212. The smallest absolute Gasteiger partial charge is 0.255 e. The van der Waals surface area contributed by atoms with Gasteiger partial charge in [-0.25, -0.2) is 9.67 Å². The third-order valence-corrected chi connectivity index (χ3v) is 5.00. The number of carbonyl (C=O) groups is 1. The Kier molecular flexibility index (Phi) is 5.13. The lowest BCUT2D eigenvalue weighted by atomic mass is 10.2. The van der Waals surface area contributed by atoms with Gasteiger partial charge in [-0.2, -0.15) is 5.10 Å². The second-order valence-corrected chi connectivity index (χ2v) is 7.48. The van der Waals surface area contributed by atoms with Crippen LogP contribution in [0.25, 0.3) is 11.3 Å². The van der Waals surface area contributed by atoms with Crippen LogP contribution in [0.5, 0.6) is 5.75 Å². The van der Waals surface area contributed by atoms with Crippen LogP contribution >= 0.6 is 0 Å². The summed E-state index contributed by atoms with van der Waals surface area (Å²) in [6.45, 7) is 2.36. The lowest BCUT2D eigenvalue weighted by Gasteiger charge is -2.09. The summed E-state index contributed by atoms with van der Waals surface area (Å²) in [6, 6.07) is 20.5. The van der Waals surface area contributed by atoms with E-state index in [-0.39, 0.29) is 5.91 Å². The highest BCUT2D eigenvalue weighted by atomic mass is 16.5. The summed E-state index contributed by atoms with van der Waals surface area (Å²) >= 11 is 0. The molecule has 3 heterocycles. The Bertz CT molecular complexity index is 1390. The fourth-order valence-corrected chi connectivity index (χ4v) is 3.46. The second-order valence-electron chi connectivity index (χ2n) is 7.48. The number of nitrogens with one attached hydrogen (secondary N) is 1. The van der Waals surface area contributed by atoms with Crippen LogP contribution in [0.2, 0.25) is 0 Å². The van der Waals surface area contributed by atoms with Gasteiger partial charge in [0.05, 0.1) is 11.4 Å². The van der Waals surface area contributed by atoms with E-state index in [4.69, 9.17) is 4.74 Å². The largest absolute Gasteiger partial charge is 0.487 e. The van der Waals surface area contributed by atoms with E-state index in [2.05, 4.69) is 15.4 Å². The number of pyridine rings is 1.